The van der Waals surface area contributed by atoms with Crippen molar-refractivity contribution in [2.24, 2.45) is 0 Å². The molecule has 1 atom stereocenters. The maximum Gasteiger partial charge on any atom is 0.306 e. The van der Waals surface area contributed by atoms with Crippen molar-refractivity contribution < 1.29 is 19.4 Å². The quantitative estimate of drug-likeness (QED) is 0.653. The Hall–Kier alpha value is -1.38. The molecule has 2 rings (SSSR count). The lowest BCUT2D eigenvalue weighted by molar-refractivity contribution is -0.141. The fourth-order valence-electron chi connectivity index (χ4n) is 1.97. The number of carbonyl (C=O) groups excluding carboxylic acids is 1. The molecule has 1 aromatic heterocycles. The summed E-state index contributed by atoms with van der Waals surface area (Å²) in [7, 11) is 0. The van der Waals surface area contributed by atoms with Gasteiger partial charge in [0.2, 0.25) is 0 Å². The number of carboxylic acid groups (broad SMARTS) is 1. The van der Waals surface area contributed by atoms with Crippen LogP contribution in [0.1, 0.15) is 16.9 Å². The molecule has 7 nitrogen and oxygen atoms in total. The molecule has 0 aromatic carbocycles. The van der Waals surface area contributed by atoms with Gasteiger partial charge in [-0.1, -0.05) is 23.4 Å². The lowest BCUT2D eigenvalue weighted by Crippen LogP contribution is -2.46. The molecule has 0 spiro atoms. The molecule has 1 saturated heterocycles. The van der Waals surface area contributed by atoms with E-state index in [1.165, 1.54) is 22.9 Å². The normalized spacial score (nSPS) is 18.6. The summed E-state index contributed by atoms with van der Waals surface area (Å²) in [5, 5.41) is 9.43. The standard InChI is InChI=1S/C12H14ClN3O4S/c1-21-12-14-5-8(13)10(15-12)11(19)16-2-3-20-7(6-16)4-9(17)18/h5,7H,2-4,6H2,1H3,(H,17,18). The summed E-state index contributed by atoms with van der Waals surface area (Å²) < 4.78 is 5.34. The highest BCUT2D eigenvalue weighted by molar-refractivity contribution is 7.98. The molecular weight excluding hydrogens is 318 g/mol. The van der Waals surface area contributed by atoms with Crippen molar-refractivity contribution >= 4 is 35.2 Å². The zero-order valence-electron chi connectivity index (χ0n) is 11.3. The molecule has 114 valence electrons. The lowest BCUT2D eigenvalue weighted by atomic mass is 10.2. The highest BCUT2D eigenvalue weighted by Crippen LogP contribution is 2.20. The van der Waals surface area contributed by atoms with Crippen LogP contribution in [0.2, 0.25) is 5.02 Å². The summed E-state index contributed by atoms with van der Waals surface area (Å²) >= 11 is 7.29. The Balaban J connectivity index is 2.13. The first-order valence-electron chi connectivity index (χ1n) is 6.20. The maximum absolute atomic E-state index is 12.5. The van der Waals surface area contributed by atoms with E-state index in [1.807, 2.05) is 0 Å². The Labute approximate surface area is 130 Å². The number of carbonyl (C=O) groups is 2. The molecule has 0 radical (unpaired) electrons. The molecule has 1 N–H and O–H groups in total. The van der Waals surface area contributed by atoms with Crippen LogP contribution in [0.15, 0.2) is 11.4 Å². The first-order chi connectivity index (χ1) is 10.0. The number of hydrogen-bond donors (Lipinski definition) is 1. The number of rotatable bonds is 4. The van der Waals surface area contributed by atoms with Gasteiger partial charge in [-0.3, -0.25) is 9.59 Å². The van der Waals surface area contributed by atoms with Gasteiger partial charge in [0, 0.05) is 13.1 Å². The van der Waals surface area contributed by atoms with Crippen LogP contribution in [0.25, 0.3) is 0 Å². The van der Waals surface area contributed by atoms with Gasteiger partial charge >= 0.3 is 5.97 Å². The van der Waals surface area contributed by atoms with E-state index in [0.717, 1.165) is 0 Å². The van der Waals surface area contributed by atoms with Crippen molar-refractivity contribution in [2.75, 3.05) is 26.0 Å². The van der Waals surface area contributed by atoms with Crippen molar-refractivity contribution in [2.45, 2.75) is 17.7 Å². The predicted octanol–water partition coefficient (Wildman–Crippen LogP) is 1.17. The topological polar surface area (TPSA) is 92.6 Å². The Morgan fingerprint density at radius 2 is 2.38 bits per heavy atom. The van der Waals surface area contributed by atoms with Crippen LogP contribution in [-0.4, -0.2) is 63.9 Å². The molecular formula is C12H14ClN3O4S. The van der Waals surface area contributed by atoms with E-state index in [1.54, 1.807) is 6.26 Å². The van der Waals surface area contributed by atoms with Crippen molar-refractivity contribution in [1.82, 2.24) is 14.9 Å². The molecule has 1 aromatic rings. The first-order valence-corrected chi connectivity index (χ1v) is 7.80. The fourth-order valence-corrected chi connectivity index (χ4v) is 2.48. The van der Waals surface area contributed by atoms with Gasteiger partial charge < -0.3 is 14.7 Å². The molecule has 1 aliphatic rings. The van der Waals surface area contributed by atoms with Gasteiger partial charge in [0.05, 0.1) is 30.4 Å². The van der Waals surface area contributed by atoms with Crippen LogP contribution >= 0.6 is 23.4 Å². The van der Waals surface area contributed by atoms with Gasteiger partial charge in [-0.2, -0.15) is 0 Å². The molecule has 0 saturated carbocycles. The van der Waals surface area contributed by atoms with E-state index >= 15 is 0 Å². The third-order valence-corrected chi connectivity index (χ3v) is 3.77. The maximum atomic E-state index is 12.5. The number of amides is 1. The van der Waals surface area contributed by atoms with Crippen LogP contribution in [-0.2, 0) is 9.53 Å². The zero-order chi connectivity index (χ0) is 15.4. The Kier molecular flexibility index (Phi) is 5.38. The minimum atomic E-state index is -0.959. The molecule has 1 fully saturated rings. The van der Waals surface area contributed by atoms with E-state index in [2.05, 4.69) is 9.97 Å². The van der Waals surface area contributed by atoms with Crippen LogP contribution in [0.3, 0.4) is 0 Å². The smallest absolute Gasteiger partial charge is 0.306 e. The first kappa shape index (κ1) is 16.0. The summed E-state index contributed by atoms with van der Waals surface area (Å²) in [4.78, 5) is 32.8. The largest absolute Gasteiger partial charge is 0.481 e. The van der Waals surface area contributed by atoms with Crippen LogP contribution in [0, 0.1) is 0 Å². The molecule has 0 bridgehead atoms. The molecule has 2 heterocycles. The number of aromatic nitrogens is 2. The average Bonchev–Trinajstić information content (AvgIpc) is 2.46. The van der Waals surface area contributed by atoms with E-state index in [9.17, 15) is 9.59 Å². The molecule has 1 amide bonds. The number of thioether (sulfide) groups is 1. The van der Waals surface area contributed by atoms with Crippen LogP contribution in [0.4, 0.5) is 0 Å². The van der Waals surface area contributed by atoms with Crippen LogP contribution < -0.4 is 0 Å². The van der Waals surface area contributed by atoms with Gasteiger partial charge in [-0.15, -0.1) is 0 Å². The van der Waals surface area contributed by atoms with E-state index in [0.29, 0.717) is 18.3 Å². The van der Waals surface area contributed by atoms with Gasteiger partial charge in [-0.25, -0.2) is 9.97 Å². The number of aliphatic carboxylic acids is 1. The number of hydrogen-bond acceptors (Lipinski definition) is 6. The number of ether oxygens (including phenoxy) is 1. The van der Waals surface area contributed by atoms with Crippen molar-refractivity contribution in [3.63, 3.8) is 0 Å². The molecule has 1 aliphatic heterocycles. The van der Waals surface area contributed by atoms with E-state index < -0.39 is 12.1 Å². The molecule has 21 heavy (non-hydrogen) atoms. The Morgan fingerprint density at radius 1 is 1.62 bits per heavy atom. The van der Waals surface area contributed by atoms with Crippen molar-refractivity contribution in [3.8, 4) is 0 Å². The summed E-state index contributed by atoms with van der Waals surface area (Å²) in [6.45, 7) is 0.881. The highest BCUT2D eigenvalue weighted by atomic mass is 35.5. The summed E-state index contributed by atoms with van der Waals surface area (Å²) in [5.41, 5.74) is 0.131. The molecule has 9 heteroatoms. The van der Waals surface area contributed by atoms with E-state index in [4.69, 9.17) is 21.4 Å². The second-order valence-corrected chi connectivity index (χ2v) is 5.58. The van der Waals surface area contributed by atoms with Gasteiger partial charge in [0.25, 0.3) is 5.91 Å². The summed E-state index contributed by atoms with van der Waals surface area (Å²) in [5.74, 6) is -1.30. The average molecular weight is 332 g/mol. The summed E-state index contributed by atoms with van der Waals surface area (Å²) in [6, 6.07) is 0. The SMILES string of the molecule is CSc1ncc(Cl)c(C(=O)N2CCOC(CC(=O)O)C2)n1. The lowest BCUT2D eigenvalue weighted by Gasteiger charge is -2.32. The molecule has 1 unspecified atom stereocenters. The minimum absolute atomic E-state index is 0.131. The Bertz CT molecular complexity index is 557. The third kappa shape index (κ3) is 4.05. The summed E-state index contributed by atoms with van der Waals surface area (Å²) in [6.07, 6.45) is 2.54. The number of halogens is 1. The van der Waals surface area contributed by atoms with Crippen molar-refractivity contribution in [1.29, 1.82) is 0 Å². The van der Waals surface area contributed by atoms with Gasteiger partial charge in [0.15, 0.2) is 10.9 Å². The second kappa shape index (κ2) is 7.06. The third-order valence-electron chi connectivity index (χ3n) is 2.94. The zero-order valence-corrected chi connectivity index (χ0v) is 12.9. The van der Waals surface area contributed by atoms with Crippen molar-refractivity contribution in [3.05, 3.63) is 16.9 Å². The molecule has 0 aliphatic carbocycles. The van der Waals surface area contributed by atoms with Gasteiger partial charge in [-0.05, 0) is 6.26 Å². The monoisotopic (exact) mass is 331 g/mol. The van der Waals surface area contributed by atoms with Gasteiger partial charge in [0.1, 0.15) is 0 Å². The predicted molar refractivity (Wildman–Crippen MR) is 76.7 cm³/mol. The number of carboxylic acids is 1. The highest BCUT2D eigenvalue weighted by Gasteiger charge is 2.28. The minimum Gasteiger partial charge on any atom is -0.481 e. The van der Waals surface area contributed by atoms with Crippen LogP contribution in [0.5, 0.6) is 0 Å². The fraction of sp³-hybridized carbons (Fsp3) is 0.500. The number of nitrogens with zero attached hydrogens (tertiary/aromatic N) is 3. The second-order valence-electron chi connectivity index (χ2n) is 4.40. The van der Waals surface area contributed by atoms with E-state index in [-0.39, 0.29) is 29.6 Å². The number of morpholine rings is 1. The Morgan fingerprint density at radius 3 is 3.05 bits per heavy atom.